The molecular weight excluding hydrogens is 218 g/mol. The molecule has 0 aliphatic heterocycles. The van der Waals surface area contributed by atoms with Crippen LogP contribution >= 0.6 is 22.9 Å². The van der Waals surface area contributed by atoms with Gasteiger partial charge in [-0.15, -0.1) is 11.3 Å². The van der Waals surface area contributed by atoms with Gasteiger partial charge in [0.05, 0.1) is 10.0 Å². The number of thiophene rings is 1. The van der Waals surface area contributed by atoms with Crippen LogP contribution in [0.4, 0.5) is 0 Å². The van der Waals surface area contributed by atoms with Crippen molar-refractivity contribution in [1.29, 1.82) is 0 Å². The Balaban J connectivity index is 2.02. The average Bonchev–Trinajstić information content (AvgIpc) is 2.84. The van der Waals surface area contributed by atoms with E-state index in [1.807, 2.05) is 13.0 Å². The predicted molar refractivity (Wildman–Crippen MR) is 60.3 cm³/mol. The van der Waals surface area contributed by atoms with Crippen LogP contribution in [0.1, 0.15) is 24.1 Å². The summed E-state index contributed by atoms with van der Waals surface area (Å²) in [6.07, 6.45) is 1.18. The molecule has 76 valence electrons. The van der Waals surface area contributed by atoms with Crippen molar-refractivity contribution in [3.05, 3.63) is 21.3 Å². The molecule has 0 bridgehead atoms. The van der Waals surface area contributed by atoms with Gasteiger partial charge in [-0.2, -0.15) is 0 Å². The second-order valence-corrected chi connectivity index (χ2v) is 5.25. The zero-order chi connectivity index (χ0) is 10.1. The highest BCUT2D eigenvalue weighted by Gasteiger charge is 2.41. The fourth-order valence-corrected chi connectivity index (χ4v) is 2.95. The fraction of sp³-hybridized carbons (Fsp3) is 0.500. The monoisotopic (exact) mass is 229 g/mol. The van der Waals surface area contributed by atoms with Gasteiger partial charge in [0.1, 0.15) is 7.11 Å². The van der Waals surface area contributed by atoms with Crippen molar-refractivity contribution in [2.24, 2.45) is 11.1 Å². The number of hydrogen-bond acceptors (Lipinski definition) is 3. The van der Waals surface area contributed by atoms with E-state index >= 15 is 0 Å². The smallest absolute Gasteiger partial charge is 0.106 e. The fourth-order valence-electron chi connectivity index (χ4n) is 1.71. The molecule has 2 atom stereocenters. The molecule has 0 aromatic carbocycles. The summed E-state index contributed by atoms with van der Waals surface area (Å²) in [5.41, 5.74) is 1.09. The lowest BCUT2D eigenvalue weighted by molar-refractivity contribution is 0.212. The van der Waals surface area contributed by atoms with Crippen LogP contribution in [0.5, 0.6) is 0 Å². The van der Waals surface area contributed by atoms with E-state index in [-0.39, 0.29) is 0 Å². The predicted octanol–water partition coefficient (Wildman–Crippen LogP) is 3.53. The molecule has 1 fully saturated rings. The summed E-state index contributed by atoms with van der Waals surface area (Å²) < 4.78 is 0.868. The molecule has 1 aromatic heterocycles. The zero-order valence-electron chi connectivity index (χ0n) is 8.16. The van der Waals surface area contributed by atoms with Gasteiger partial charge in [-0.3, -0.25) is 0 Å². The quantitative estimate of drug-likeness (QED) is 0.574. The van der Waals surface area contributed by atoms with Gasteiger partial charge in [-0.05, 0) is 25.5 Å². The second-order valence-electron chi connectivity index (χ2n) is 3.51. The van der Waals surface area contributed by atoms with Crippen LogP contribution in [0.15, 0.2) is 17.3 Å². The summed E-state index contributed by atoms with van der Waals surface area (Å²) in [5.74, 6) is 1.18. The average molecular weight is 230 g/mol. The Morgan fingerprint density at radius 1 is 1.64 bits per heavy atom. The van der Waals surface area contributed by atoms with Gasteiger partial charge in [-0.1, -0.05) is 16.8 Å². The zero-order valence-corrected chi connectivity index (χ0v) is 9.73. The number of hydrogen-bond donors (Lipinski definition) is 0. The van der Waals surface area contributed by atoms with E-state index in [4.69, 9.17) is 16.4 Å². The number of nitrogens with zero attached hydrogens (tertiary/aromatic N) is 1. The van der Waals surface area contributed by atoms with Crippen molar-refractivity contribution in [2.45, 2.75) is 19.3 Å². The molecule has 1 aliphatic carbocycles. The first-order chi connectivity index (χ1) is 6.72. The lowest BCUT2D eigenvalue weighted by atomic mass is 10.2. The molecule has 4 heteroatoms. The van der Waals surface area contributed by atoms with Gasteiger partial charge >= 0.3 is 0 Å². The summed E-state index contributed by atoms with van der Waals surface area (Å²) in [5, 5.41) is 3.96. The minimum atomic E-state index is 0.560. The van der Waals surface area contributed by atoms with Crippen molar-refractivity contribution in [3.8, 4) is 0 Å². The van der Waals surface area contributed by atoms with Gasteiger partial charge in [0, 0.05) is 16.7 Å². The molecule has 2 unspecified atom stereocenters. The highest BCUT2D eigenvalue weighted by Crippen LogP contribution is 2.50. The molecule has 1 heterocycles. The summed E-state index contributed by atoms with van der Waals surface area (Å²) in [6.45, 7) is 2.02. The molecule has 0 saturated heterocycles. The van der Waals surface area contributed by atoms with E-state index < -0.39 is 0 Å². The third-order valence-electron chi connectivity index (χ3n) is 2.52. The van der Waals surface area contributed by atoms with E-state index in [0.29, 0.717) is 11.8 Å². The molecule has 0 N–H and O–H groups in total. The Labute approximate surface area is 92.5 Å². The first kappa shape index (κ1) is 9.99. The normalized spacial score (nSPS) is 26.4. The second kappa shape index (κ2) is 3.91. The Kier molecular flexibility index (Phi) is 2.79. The van der Waals surface area contributed by atoms with Crippen LogP contribution in [-0.2, 0) is 4.84 Å². The van der Waals surface area contributed by atoms with E-state index in [9.17, 15) is 0 Å². The van der Waals surface area contributed by atoms with E-state index in [0.717, 1.165) is 10.0 Å². The summed E-state index contributed by atoms with van der Waals surface area (Å²) in [7, 11) is 1.59. The molecule has 0 radical (unpaired) electrons. The summed E-state index contributed by atoms with van der Waals surface area (Å²) >= 11 is 7.55. The molecule has 0 amide bonds. The molecule has 14 heavy (non-hydrogen) atoms. The molecule has 2 rings (SSSR count). The lowest BCUT2D eigenvalue weighted by Gasteiger charge is -1.96. The summed E-state index contributed by atoms with van der Waals surface area (Å²) in [6, 6.07) is 4.07. The Bertz CT molecular complexity index is 361. The molecule has 1 aliphatic rings. The van der Waals surface area contributed by atoms with Crippen molar-refractivity contribution >= 4 is 28.6 Å². The lowest BCUT2D eigenvalue weighted by Crippen LogP contribution is -1.96. The molecule has 1 aromatic rings. The first-order valence-electron chi connectivity index (χ1n) is 4.55. The highest BCUT2D eigenvalue weighted by atomic mass is 35.5. The third-order valence-corrected chi connectivity index (χ3v) is 3.88. The summed E-state index contributed by atoms with van der Waals surface area (Å²) in [4.78, 5) is 6.13. The van der Waals surface area contributed by atoms with Crippen LogP contribution in [0.3, 0.4) is 0 Å². The Hall–Kier alpha value is -0.540. The first-order valence-corrected chi connectivity index (χ1v) is 5.74. The Morgan fingerprint density at radius 2 is 2.43 bits per heavy atom. The number of halogens is 1. The topological polar surface area (TPSA) is 21.6 Å². The maximum Gasteiger partial charge on any atom is 0.106 e. The van der Waals surface area contributed by atoms with Crippen LogP contribution in [0.25, 0.3) is 0 Å². The molecule has 0 spiro atoms. The van der Waals surface area contributed by atoms with Gasteiger partial charge < -0.3 is 4.84 Å². The maximum absolute atomic E-state index is 5.88. The highest BCUT2D eigenvalue weighted by molar-refractivity contribution is 7.16. The largest absolute Gasteiger partial charge is 0.399 e. The van der Waals surface area contributed by atoms with Crippen molar-refractivity contribution in [1.82, 2.24) is 0 Å². The van der Waals surface area contributed by atoms with Gasteiger partial charge in [0.15, 0.2) is 0 Å². The van der Waals surface area contributed by atoms with Gasteiger partial charge in [-0.25, -0.2) is 0 Å². The van der Waals surface area contributed by atoms with Crippen molar-refractivity contribution < 1.29 is 4.84 Å². The minimum absolute atomic E-state index is 0.560. The SMILES string of the molecule is CON=C(C)C1CC1c1ccc(Cl)s1. The van der Waals surface area contributed by atoms with Crippen LogP contribution in [0.2, 0.25) is 4.34 Å². The molecular formula is C10H12ClNOS. The van der Waals surface area contributed by atoms with Crippen molar-refractivity contribution in [2.75, 3.05) is 7.11 Å². The number of rotatable bonds is 3. The van der Waals surface area contributed by atoms with Crippen LogP contribution in [-0.4, -0.2) is 12.8 Å². The minimum Gasteiger partial charge on any atom is -0.399 e. The standard InChI is InChI=1S/C10H12ClNOS/c1-6(12-13-2)7-5-8(7)9-3-4-10(11)14-9/h3-4,7-8H,5H2,1-2H3. The van der Waals surface area contributed by atoms with E-state index in [1.54, 1.807) is 18.4 Å². The van der Waals surface area contributed by atoms with Crippen LogP contribution < -0.4 is 0 Å². The Morgan fingerprint density at radius 3 is 3.00 bits per heavy atom. The van der Waals surface area contributed by atoms with E-state index in [2.05, 4.69) is 11.2 Å². The van der Waals surface area contributed by atoms with Gasteiger partial charge in [0.25, 0.3) is 0 Å². The van der Waals surface area contributed by atoms with Crippen LogP contribution in [0, 0.1) is 5.92 Å². The third kappa shape index (κ3) is 1.93. The maximum atomic E-state index is 5.88. The molecule has 2 nitrogen and oxygen atoms in total. The van der Waals surface area contributed by atoms with E-state index in [1.165, 1.54) is 11.3 Å². The van der Waals surface area contributed by atoms with Gasteiger partial charge in [0.2, 0.25) is 0 Å². The van der Waals surface area contributed by atoms with Crippen molar-refractivity contribution in [3.63, 3.8) is 0 Å². The number of oxime groups is 1. The molecule has 1 saturated carbocycles.